The summed E-state index contributed by atoms with van der Waals surface area (Å²) in [5.74, 6) is -0.0363. The molecule has 0 aliphatic heterocycles. The Hall–Kier alpha value is -2.88. The minimum Gasteiger partial charge on any atom is -0.483 e. The Morgan fingerprint density at radius 2 is 1.61 bits per heavy atom. The number of halogens is 2. The monoisotopic (exact) mass is 521 g/mol. The molecule has 0 spiro atoms. The zero-order valence-corrected chi connectivity index (χ0v) is 19.1. The lowest BCUT2D eigenvalue weighted by molar-refractivity contribution is -0.124. The number of thiocarbonyl (C=S) groups is 1. The first-order valence-corrected chi connectivity index (χ1v) is 10.6. The topological polar surface area (TPSA) is 88.7 Å². The molecular formula is C21H17BrClN3O4S. The number of hydrogen-bond acceptors (Lipinski definition) is 5. The minimum absolute atomic E-state index is 0.0819. The molecule has 0 atom stereocenters. The Bertz CT molecular complexity index is 1120. The minimum atomic E-state index is -0.511. The van der Waals surface area contributed by atoms with Crippen molar-refractivity contribution in [1.29, 1.82) is 0 Å². The lowest BCUT2D eigenvalue weighted by Crippen LogP contribution is -2.50. The van der Waals surface area contributed by atoms with Crippen molar-refractivity contribution in [2.75, 3.05) is 13.2 Å². The summed E-state index contributed by atoms with van der Waals surface area (Å²) < 4.78 is 11.7. The standard InChI is InChI=1S/C21H17BrClN3O4S/c22-14-8-9-18(16(23)10-14)30-12-20(28)25-26-21(31)24-19(27)11-29-17-7-3-5-13-4-1-2-6-15(13)17/h1-10H,11-12H2,(H,25,28)(H2,24,26,27,31). The van der Waals surface area contributed by atoms with Crippen molar-refractivity contribution in [3.63, 3.8) is 0 Å². The molecule has 0 aliphatic carbocycles. The van der Waals surface area contributed by atoms with Crippen LogP contribution in [0.25, 0.3) is 10.8 Å². The molecule has 0 bridgehead atoms. The van der Waals surface area contributed by atoms with E-state index >= 15 is 0 Å². The molecule has 7 nitrogen and oxygen atoms in total. The van der Waals surface area contributed by atoms with Crippen LogP contribution in [-0.2, 0) is 9.59 Å². The summed E-state index contributed by atoms with van der Waals surface area (Å²) >= 11 is 14.3. The molecule has 0 unspecified atom stereocenters. The number of ether oxygens (including phenoxy) is 2. The number of carbonyl (C=O) groups is 2. The molecule has 0 radical (unpaired) electrons. The molecule has 3 rings (SSSR count). The highest BCUT2D eigenvalue weighted by Gasteiger charge is 2.10. The Balaban J connectivity index is 1.39. The van der Waals surface area contributed by atoms with Crippen LogP contribution < -0.4 is 25.6 Å². The van der Waals surface area contributed by atoms with Gasteiger partial charge in [-0.25, -0.2) is 0 Å². The smallest absolute Gasteiger partial charge is 0.276 e. The Labute approximate surface area is 197 Å². The fraction of sp³-hybridized carbons (Fsp3) is 0.0952. The van der Waals surface area contributed by atoms with Crippen LogP contribution in [0.5, 0.6) is 11.5 Å². The van der Waals surface area contributed by atoms with Crippen molar-refractivity contribution < 1.29 is 19.1 Å². The first-order valence-electron chi connectivity index (χ1n) is 8.99. The second-order valence-electron chi connectivity index (χ2n) is 6.18. The van der Waals surface area contributed by atoms with Crippen LogP contribution in [-0.4, -0.2) is 30.1 Å². The molecule has 0 aliphatic rings. The van der Waals surface area contributed by atoms with Crippen LogP contribution in [0.1, 0.15) is 0 Å². The normalized spacial score (nSPS) is 10.3. The summed E-state index contributed by atoms with van der Waals surface area (Å²) in [5, 5.41) is 4.61. The van der Waals surface area contributed by atoms with E-state index in [1.807, 2.05) is 36.4 Å². The predicted octanol–water partition coefficient (Wildman–Crippen LogP) is 3.74. The number of rotatable bonds is 6. The molecule has 2 amide bonds. The summed E-state index contributed by atoms with van der Waals surface area (Å²) in [5.41, 5.74) is 4.75. The number of benzene rings is 3. The zero-order chi connectivity index (χ0) is 22.2. The Morgan fingerprint density at radius 1 is 0.903 bits per heavy atom. The number of amides is 2. The molecular weight excluding hydrogens is 506 g/mol. The third-order valence-corrected chi connectivity index (χ3v) is 4.92. The largest absolute Gasteiger partial charge is 0.483 e. The van der Waals surface area contributed by atoms with E-state index in [1.165, 1.54) is 0 Å². The fourth-order valence-corrected chi connectivity index (χ4v) is 3.45. The quantitative estimate of drug-likeness (QED) is 0.338. The van der Waals surface area contributed by atoms with E-state index < -0.39 is 11.8 Å². The van der Waals surface area contributed by atoms with Gasteiger partial charge in [-0.1, -0.05) is 63.9 Å². The van der Waals surface area contributed by atoms with Gasteiger partial charge >= 0.3 is 0 Å². The van der Waals surface area contributed by atoms with E-state index in [4.69, 9.17) is 33.3 Å². The molecule has 3 aromatic carbocycles. The molecule has 31 heavy (non-hydrogen) atoms. The summed E-state index contributed by atoms with van der Waals surface area (Å²) in [6.45, 7) is -0.538. The van der Waals surface area contributed by atoms with Crippen LogP contribution >= 0.6 is 39.7 Å². The average molecular weight is 523 g/mol. The van der Waals surface area contributed by atoms with Crippen LogP contribution in [0.3, 0.4) is 0 Å². The maximum atomic E-state index is 12.1. The van der Waals surface area contributed by atoms with Crippen LogP contribution in [0.4, 0.5) is 0 Å². The van der Waals surface area contributed by atoms with Crippen molar-refractivity contribution in [2.24, 2.45) is 0 Å². The Morgan fingerprint density at radius 3 is 2.42 bits per heavy atom. The molecule has 0 saturated heterocycles. The molecule has 3 aromatic rings. The summed E-state index contributed by atoms with van der Waals surface area (Å²) in [4.78, 5) is 23.9. The van der Waals surface area contributed by atoms with Crippen molar-refractivity contribution in [3.05, 3.63) is 70.2 Å². The van der Waals surface area contributed by atoms with Crippen LogP contribution in [0.2, 0.25) is 5.02 Å². The van der Waals surface area contributed by atoms with E-state index in [0.29, 0.717) is 16.5 Å². The highest BCUT2D eigenvalue weighted by atomic mass is 79.9. The van der Waals surface area contributed by atoms with Gasteiger partial charge in [-0.2, -0.15) is 0 Å². The SMILES string of the molecule is O=C(COc1ccc(Br)cc1Cl)NNC(=S)NC(=O)COc1cccc2ccccc12. The zero-order valence-electron chi connectivity index (χ0n) is 16.0. The maximum Gasteiger partial charge on any atom is 0.276 e. The van der Waals surface area contributed by atoms with Crippen molar-refractivity contribution in [2.45, 2.75) is 0 Å². The Kier molecular flexibility index (Phi) is 8.05. The lowest BCUT2D eigenvalue weighted by Gasteiger charge is -2.13. The summed E-state index contributed by atoms with van der Waals surface area (Å²) in [6.07, 6.45) is 0. The molecule has 0 heterocycles. The van der Waals surface area contributed by atoms with Gasteiger partial charge in [0.2, 0.25) is 0 Å². The maximum absolute atomic E-state index is 12.1. The van der Waals surface area contributed by atoms with Gasteiger partial charge in [0.05, 0.1) is 5.02 Å². The van der Waals surface area contributed by atoms with Crippen molar-refractivity contribution in [3.8, 4) is 11.5 Å². The molecule has 0 aromatic heterocycles. The number of carbonyl (C=O) groups excluding carboxylic acids is 2. The van der Waals surface area contributed by atoms with Gasteiger partial charge in [0, 0.05) is 9.86 Å². The number of hydrazine groups is 1. The average Bonchev–Trinajstić information content (AvgIpc) is 2.75. The second kappa shape index (κ2) is 10.9. The molecule has 0 fully saturated rings. The molecule has 160 valence electrons. The predicted molar refractivity (Wildman–Crippen MR) is 126 cm³/mol. The molecule has 10 heteroatoms. The highest BCUT2D eigenvalue weighted by Crippen LogP contribution is 2.27. The summed E-state index contributed by atoms with van der Waals surface area (Å²) in [7, 11) is 0. The van der Waals surface area contributed by atoms with Crippen LogP contribution in [0, 0.1) is 0 Å². The third-order valence-electron chi connectivity index (χ3n) is 3.93. The van der Waals surface area contributed by atoms with E-state index in [2.05, 4.69) is 32.1 Å². The molecule has 0 saturated carbocycles. The van der Waals surface area contributed by atoms with Crippen molar-refractivity contribution >= 4 is 67.4 Å². The van der Waals surface area contributed by atoms with Gasteiger partial charge in [0.15, 0.2) is 18.3 Å². The van der Waals surface area contributed by atoms with Gasteiger partial charge < -0.3 is 9.47 Å². The third kappa shape index (κ3) is 6.81. The number of hydrogen-bond donors (Lipinski definition) is 3. The van der Waals surface area contributed by atoms with E-state index in [0.717, 1.165) is 15.2 Å². The van der Waals surface area contributed by atoms with Gasteiger partial charge in [-0.3, -0.25) is 25.8 Å². The van der Waals surface area contributed by atoms with E-state index in [1.54, 1.807) is 24.3 Å². The van der Waals surface area contributed by atoms with E-state index in [-0.39, 0.29) is 18.3 Å². The van der Waals surface area contributed by atoms with Crippen molar-refractivity contribution in [1.82, 2.24) is 16.2 Å². The van der Waals surface area contributed by atoms with Gasteiger partial charge in [0.25, 0.3) is 11.8 Å². The van der Waals surface area contributed by atoms with Gasteiger partial charge in [-0.05, 0) is 41.9 Å². The first kappa shape index (κ1) is 22.8. The van der Waals surface area contributed by atoms with E-state index in [9.17, 15) is 9.59 Å². The fourth-order valence-electron chi connectivity index (χ4n) is 2.56. The van der Waals surface area contributed by atoms with Gasteiger partial charge in [-0.15, -0.1) is 0 Å². The molecule has 3 N–H and O–H groups in total. The highest BCUT2D eigenvalue weighted by molar-refractivity contribution is 9.10. The van der Waals surface area contributed by atoms with Crippen LogP contribution in [0.15, 0.2) is 65.1 Å². The number of nitrogens with one attached hydrogen (secondary N) is 3. The first-order chi connectivity index (χ1) is 14.9. The summed E-state index contributed by atoms with van der Waals surface area (Å²) in [6, 6.07) is 18.3. The second-order valence-corrected chi connectivity index (χ2v) is 7.91. The lowest BCUT2D eigenvalue weighted by atomic mass is 10.1. The van der Waals surface area contributed by atoms with Gasteiger partial charge in [0.1, 0.15) is 11.5 Å². The number of fused-ring (bicyclic) bond motifs is 1.